The van der Waals surface area contributed by atoms with Crippen LogP contribution in [-0.2, 0) is 4.84 Å². The fraction of sp³-hybridized carbons (Fsp3) is 0.200. The Hall–Kier alpha value is -1.14. The number of hydrogen-bond acceptors (Lipinski definition) is 4. The first-order valence-electron chi connectivity index (χ1n) is 2.85. The summed E-state index contributed by atoms with van der Waals surface area (Å²) in [7, 11) is 1.42. The first-order valence-corrected chi connectivity index (χ1v) is 3.26. The number of aromatic amines is 2. The standard InChI is InChI=1S/C5H7N3O2S/c1-10-8-3-2-6-5(11)7-4(3)9/h2,8H,1H3,(H2,6,7,9,11). The van der Waals surface area contributed by atoms with Gasteiger partial charge in [0, 0.05) is 6.20 Å². The van der Waals surface area contributed by atoms with E-state index in [1.54, 1.807) is 0 Å². The molecule has 0 radical (unpaired) electrons. The van der Waals surface area contributed by atoms with Gasteiger partial charge in [-0.25, -0.2) is 0 Å². The fourth-order valence-electron chi connectivity index (χ4n) is 0.596. The van der Waals surface area contributed by atoms with Crippen molar-refractivity contribution in [3.63, 3.8) is 0 Å². The van der Waals surface area contributed by atoms with Crippen molar-refractivity contribution < 1.29 is 4.84 Å². The number of rotatable bonds is 2. The van der Waals surface area contributed by atoms with Gasteiger partial charge in [0.25, 0.3) is 5.56 Å². The van der Waals surface area contributed by atoms with Gasteiger partial charge in [0.05, 0.1) is 7.11 Å². The van der Waals surface area contributed by atoms with Crippen molar-refractivity contribution in [1.82, 2.24) is 9.97 Å². The van der Waals surface area contributed by atoms with Crippen LogP contribution in [0.4, 0.5) is 5.69 Å². The monoisotopic (exact) mass is 173 g/mol. The van der Waals surface area contributed by atoms with Crippen LogP contribution in [0, 0.1) is 4.77 Å². The molecule has 0 aromatic carbocycles. The minimum absolute atomic E-state index is 0.289. The molecule has 0 aliphatic carbocycles. The lowest BCUT2D eigenvalue weighted by Gasteiger charge is -1.98. The van der Waals surface area contributed by atoms with Gasteiger partial charge in [0.15, 0.2) is 4.77 Å². The number of H-pyrrole nitrogens is 2. The molecule has 0 spiro atoms. The van der Waals surface area contributed by atoms with Crippen molar-refractivity contribution in [3.8, 4) is 0 Å². The second kappa shape index (κ2) is 3.31. The first-order chi connectivity index (χ1) is 5.24. The minimum Gasteiger partial charge on any atom is -0.337 e. The highest BCUT2D eigenvalue weighted by atomic mass is 32.1. The summed E-state index contributed by atoms with van der Waals surface area (Å²) >= 11 is 4.66. The van der Waals surface area contributed by atoms with E-state index in [9.17, 15) is 4.79 Å². The lowest BCUT2D eigenvalue weighted by Crippen LogP contribution is -2.13. The van der Waals surface area contributed by atoms with Crippen molar-refractivity contribution in [2.75, 3.05) is 12.6 Å². The molecule has 0 aliphatic rings. The zero-order chi connectivity index (χ0) is 8.27. The summed E-state index contributed by atoms with van der Waals surface area (Å²) in [6.07, 6.45) is 1.44. The highest BCUT2D eigenvalue weighted by Gasteiger charge is 1.94. The lowest BCUT2D eigenvalue weighted by atomic mass is 10.5. The Balaban J connectivity index is 3.10. The second-order valence-electron chi connectivity index (χ2n) is 1.79. The molecule has 0 aliphatic heterocycles. The van der Waals surface area contributed by atoms with Crippen molar-refractivity contribution in [3.05, 3.63) is 21.3 Å². The third kappa shape index (κ3) is 1.89. The van der Waals surface area contributed by atoms with Crippen LogP contribution in [0.2, 0.25) is 0 Å². The number of anilines is 1. The maximum absolute atomic E-state index is 10.9. The van der Waals surface area contributed by atoms with E-state index in [2.05, 4.69) is 32.5 Å². The van der Waals surface area contributed by atoms with E-state index in [1.807, 2.05) is 0 Å². The van der Waals surface area contributed by atoms with Crippen molar-refractivity contribution in [1.29, 1.82) is 0 Å². The predicted octanol–water partition coefficient (Wildman–Crippen LogP) is 0.406. The SMILES string of the molecule is CONc1c[nH]c(=S)[nH]c1=O. The zero-order valence-corrected chi connectivity index (χ0v) is 6.62. The van der Waals surface area contributed by atoms with Gasteiger partial charge in [-0.05, 0) is 12.2 Å². The highest BCUT2D eigenvalue weighted by Crippen LogP contribution is 1.91. The second-order valence-corrected chi connectivity index (χ2v) is 2.20. The molecule has 0 unspecified atom stereocenters. The van der Waals surface area contributed by atoms with Crippen LogP contribution in [0.3, 0.4) is 0 Å². The summed E-state index contributed by atoms with van der Waals surface area (Å²) < 4.78 is 0.289. The van der Waals surface area contributed by atoms with Gasteiger partial charge in [-0.3, -0.25) is 20.1 Å². The largest absolute Gasteiger partial charge is 0.337 e. The average molecular weight is 173 g/mol. The van der Waals surface area contributed by atoms with Gasteiger partial charge in [0.1, 0.15) is 5.69 Å². The van der Waals surface area contributed by atoms with Crippen LogP contribution in [0.5, 0.6) is 0 Å². The summed E-state index contributed by atoms with van der Waals surface area (Å²) in [5.41, 5.74) is 2.36. The van der Waals surface area contributed by atoms with Crippen LogP contribution in [0.1, 0.15) is 0 Å². The Morgan fingerprint density at radius 2 is 2.45 bits per heavy atom. The molecule has 1 aromatic heterocycles. The Morgan fingerprint density at radius 3 is 3.00 bits per heavy atom. The minimum atomic E-state index is -0.310. The molecule has 1 heterocycles. The van der Waals surface area contributed by atoms with Crippen molar-refractivity contribution in [2.24, 2.45) is 0 Å². The van der Waals surface area contributed by atoms with E-state index in [-0.39, 0.29) is 10.3 Å². The van der Waals surface area contributed by atoms with Gasteiger partial charge in [0.2, 0.25) is 0 Å². The molecular formula is C5H7N3O2S. The van der Waals surface area contributed by atoms with E-state index in [4.69, 9.17) is 0 Å². The van der Waals surface area contributed by atoms with E-state index in [0.717, 1.165) is 0 Å². The van der Waals surface area contributed by atoms with E-state index in [0.29, 0.717) is 5.69 Å². The quantitative estimate of drug-likeness (QED) is 0.447. The summed E-state index contributed by atoms with van der Waals surface area (Å²) in [6.45, 7) is 0. The topological polar surface area (TPSA) is 69.9 Å². The Morgan fingerprint density at radius 1 is 1.73 bits per heavy atom. The maximum Gasteiger partial charge on any atom is 0.277 e. The Bertz CT molecular complexity index is 342. The lowest BCUT2D eigenvalue weighted by molar-refractivity contribution is 0.270. The third-order valence-corrected chi connectivity index (χ3v) is 1.25. The molecule has 0 atom stereocenters. The summed E-state index contributed by atoms with van der Waals surface area (Å²) in [6, 6.07) is 0. The number of hydrogen-bond donors (Lipinski definition) is 3. The number of aromatic nitrogens is 2. The van der Waals surface area contributed by atoms with Gasteiger partial charge in [-0.15, -0.1) is 0 Å². The number of nitrogens with one attached hydrogen (secondary N) is 3. The third-order valence-electron chi connectivity index (χ3n) is 1.03. The molecule has 0 saturated heterocycles. The highest BCUT2D eigenvalue weighted by molar-refractivity contribution is 7.71. The van der Waals surface area contributed by atoms with E-state index >= 15 is 0 Å². The van der Waals surface area contributed by atoms with Crippen molar-refractivity contribution >= 4 is 17.9 Å². The molecule has 6 heteroatoms. The molecule has 1 aromatic rings. The van der Waals surface area contributed by atoms with Crippen molar-refractivity contribution in [2.45, 2.75) is 0 Å². The normalized spacial score (nSPS) is 9.55. The Kier molecular flexibility index (Phi) is 2.40. The summed E-state index contributed by atoms with van der Waals surface area (Å²) in [4.78, 5) is 20.5. The van der Waals surface area contributed by atoms with Gasteiger partial charge < -0.3 is 4.98 Å². The van der Waals surface area contributed by atoms with Crippen LogP contribution < -0.4 is 11.0 Å². The molecular weight excluding hydrogens is 166 g/mol. The molecule has 11 heavy (non-hydrogen) atoms. The van der Waals surface area contributed by atoms with Crippen LogP contribution in [-0.4, -0.2) is 17.1 Å². The fourth-order valence-corrected chi connectivity index (χ4v) is 0.747. The van der Waals surface area contributed by atoms with Crippen LogP contribution >= 0.6 is 12.2 Å². The smallest absolute Gasteiger partial charge is 0.277 e. The summed E-state index contributed by atoms with van der Waals surface area (Å²) in [5.74, 6) is 0. The predicted molar refractivity (Wildman–Crippen MR) is 42.9 cm³/mol. The molecule has 0 saturated carbocycles. The molecule has 3 N–H and O–H groups in total. The molecule has 5 nitrogen and oxygen atoms in total. The molecule has 0 fully saturated rings. The van der Waals surface area contributed by atoms with Gasteiger partial charge in [-0.2, -0.15) is 0 Å². The van der Waals surface area contributed by atoms with E-state index < -0.39 is 0 Å². The average Bonchev–Trinajstić information content (AvgIpc) is 1.95. The van der Waals surface area contributed by atoms with E-state index in [1.165, 1.54) is 13.3 Å². The van der Waals surface area contributed by atoms with Gasteiger partial charge >= 0.3 is 0 Å². The van der Waals surface area contributed by atoms with Crippen LogP contribution in [0.25, 0.3) is 0 Å². The maximum atomic E-state index is 10.9. The molecule has 60 valence electrons. The van der Waals surface area contributed by atoms with Gasteiger partial charge in [-0.1, -0.05) is 0 Å². The molecule has 0 bridgehead atoms. The van der Waals surface area contributed by atoms with Crippen LogP contribution in [0.15, 0.2) is 11.0 Å². The molecule has 1 rings (SSSR count). The zero-order valence-electron chi connectivity index (χ0n) is 5.80. The Labute approximate surface area is 67.4 Å². The first kappa shape index (κ1) is 7.96. The molecule has 0 amide bonds. The summed E-state index contributed by atoms with van der Waals surface area (Å²) in [5, 5.41) is 0.